The van der Waals surface area contributed by atoms with Gasteiger partial charge in [-0.3, -0.25) is 4.68 Å². The molecule has 0 unspecified atom stereocenters. The Balaban J connectivity index is 1.85. The molecular formula is C13H13FN4O3. The molecule has 8 heteroatoms. The topological polar surface area (TPSA) is 96.3 Å². The highest BCUT2D eigenvalue weighted by molar-refractivity contribution is 5.91. The van der Waals surface area contributed by atoms with Crippen molar-refractivity contribution in [3.05, 3.63) is 48.0 Å². The highest BCUT2D eigenvalue weighted by Crippen LogP contribution is 2.14. The van der Waals surface area contributed by atoms with Crippen LogP contribution in [0.25, 0.3) is 0 Å². The van der Waals surface area contributed by atoms with Crippen molar-refractivity contribution < 1.29 is 19.1 Å². The zero-order chi connectivity index (χ0) is 15.2. The summed E-state index contributed by atoms with van der Waals surface area (Å²) < 4.78 is 15.1. The van der Waals surface area contributed by atoms with Crippen LogP contribution < -0.4 is 10.6 Å². The number of hydrogen-bond acceptors (Lipinski definition) is 3. The van der Waals surface area contributed by atoms with Crippen LogP contribution in [0, 0.1) is 5.82 Å². The molecule has 0 saturated carbocycles. The third kappa shape index (κ3) is 4.03. The van der Waals surface area contributed by atoms with E-state index in [1.807, 2.05) is 0 Å². The predicted octanol–water partition coefficient (Wildman–Crippen LogP) is 1.54. The minimum absolute atomic E-state index is 0.175. The smallest absolute Gasteiger partial charge is 0.338 e. The molecule has 0 atom stereocenters. The van der Waals surface area contributed by atoms with E-state index in [0.717, 1.165) is 12.1 Å². The van der Waals surface area contributed by atoms with Gasteiger partial charge in [0.25, 0.3) is 0 Å². The molecule has 0 aliphatic heterocycles. The van der Waals surface area contributed by atoms with Gasteiger partial charge in [0.15, 0.2) is 0 Å². The van der Waals surface area contributed by atoms with Gasteiger partial charge in [-0.2, -0.15) is 5.10 Å². The lowest BCUT2D eigenvalue weighted by atomic mass is 10.2. The Morgan fingerprint density at radius 1 is 1.38 bits per heavy atom. The van der Waals surface area contributed by atoms with Crippen LogP contribution in [0.5, 0.6) is 0 Å². The molecule has 0 radical (unpaired) electrons. The van der Waals surface area contributed by atoms with Gasteiger partial charge in [0, 0.05) is 24.6 Å². The first-order chi connectivity index (χ1) is 10.1. The van der Waals surface area contributed by atoms with Crippen molar-refractivity contribution in [3.63, 3.8) is 0 Å². The van der Waals surface area contributed by atoms with E-state index in [9.17, 15) is 14.0 Å². The first-order valence-corrected chi connectivity index (χ1v) is 6.11. The monoisotopic (exact) mass is 292 g/mol. The number of hydrogen-bond donors (Lipinski definition) is 3. The Bertz CT molecular complexity index is 643. The standard InChI is InChI=1S/C13H13FN4O3/c14-11-8-9(2-3-10(11)12(19)20)17-13(21)15-5-7-18-6-1-4-16-18/h1-4,6,8H,5,7H2,(H,19,20)(H2,15,17,21). The molecule has 2 amide bonds. The molecule has 0 aliphatic rings. The lowest BCUT2D eigenvalue weighted by Crippen LogP contribution is -2.31. The normalized spacial score (nSPS) is 10.1. The van der Waals surface area contributed by atoms with E-state index in [4.69, 9.17) is 5.11 Å². The van der Waals surface area contributed by atoms with Gasteiger partial charge in [-0.05, 0) is 24.3 Å². The summed E-state index contributed by atoms with van der Waals surface area (Å²) in [6.07, 6.45) is 3.40. The number of halogens is 1. The summed E-state index contributed by atoms with van der Waals surface area (Å²) in [6.45, 7) is 0.857. The molecule has 21 heavy (non-hydrogen) atoms. The van der Waals surface area contributed by atoms with Gasteiger partial charge in [0.2, 0.25) is 0 Å². The number of nitrogens with zero attached hydrogens (tertiary/aromatic N) is 2. The van der Waals surface area contributed by atoms with Crippen molar-refractivity contribution >= 4 is 17.7 Å². The number of carboxylic acids is 1. The maximum Gasteiger partial charge on any atom is 0.338 e. The molecule has 0 bridgehead atoms. The van der Waals surface area contributed by atoms with Crippen molar-refractivity contribution in [2.75, 3.05) is 11.9 Å². The Labute approximate surface area is 119 Å². The summed E-state index contributed by atoms with van der Waals surface area (Å²) >= 11 is 0. The highest BCUT2D eigenvalue weighted by atomic mass is 19.1. The fraction of sp³-hybridized carbons (Fsp3) is 0.154. The summed E-state index contributed by atoms with van der Waals surface area (Å²) in [6, 6.07) is 4.63. The zero-order valence-electron chi connectivity index (χ0n) is 10.9. The van der Waals surface area contributed by atoms with Crippen molar-refractivity contribution in [3.8, 4) is 0 Å². The third-order valence-corrected chi connectivity index (χ3v) is 2.64. The molecule has 2 aromatic rings. The SMILES string of the molecule is O=C(NCCn1cccn1)Nc1ccc(C(=O)O)c(F)c1. The fourth-order valence-electron chi connectivity index (χ4n) is 1.66. The van der Waals surface area contributed by atoms with E-state index in [1.165, 1.54) is 6.07 Å². The lowest BCUT2D eigenvalue weighted by Gasteiger charge is -2.08. The second kappa shape index (κ2) is 6.51. The van der Waals surface area contributed by atoms with Crippen LogP contribution in [0.2, 0.25) is 0 Å². The summed E-state index contributed by atoms with van der Waals surface area (Å²) in [5.41, 5.74) is -0.270. The van der Waals surface area contributed by atoms with Crippen LogP contribution in [0.15, 0.2) is 36.7 Å². The van der Waals surface area contributed by atoms with Crippen LogP contribution in [-0.2, 0) is 6.54 Å². The minimum atomic E-state index is -1.36. The molecule has 2 rings (SSSR count). The number of nitrogens with one attached hydrogen (secondary N) is 2. The molecule has 0 aliphatic carbocycles. The summed E-state index contributed by atoms with van der Waals surface area (Å²) in [4.78, 5) is 22.2. The maximum atomic E-state index is 13.4. The first-order valence-electron chi connectivity index (χ1n) is 6.11. The van der Waals surface area contributed by atoms with Crippen molar-refractivity contribution in [2.24, 2.45) is 0 Å². The number of aromatic nitrogens is 2. The van der Waals surface area contributed by atoms with Gasteiger partial charge in [0.1, 0.15) is 5.82 Å². The average Bonchev–Trinajstić information content (AvgIpc) is 2.91. The number of rotatable bonds is 5. The van der Waals surface area contributed by atoms with Crippen molar-refractivity contribution in [1.82, 2.24) is 15.1 Å². The van der Waals surface area contributed by atoms with E-state index >= 15 is 0 Å². The second-order valence-electron chi connectivity index (χ2n) is 4.15. The van der Waals surface area contributed by atoms with E-state index in [-0.39, 0.29) is 5.69 Å². The molecule has 0 fully saturated rings. The fourth-order valence-corrected chi connectivity index (χ4v) is 1.66. The second-order valence-corrected chi connectivity index (χ2v) is 4.15. The maximum absolute atomic E-state index is 13.4. The highest BCUT2D eigenvalue weighted by Gasteiger charge is 2.11. The van der Waals surface area contributed by atoms with Crippen LogP contribution in [0.1, 0.15) is 10.4 Å². The average molecular weight is 292 g/mol. The van der Waals surface area contributed by atoms with Crippen molar-refractivity contribution in [1.29, 1.82) is 0 Å². The van der Waals surface area contributed by atoms with Gasteiger partial charge in [-0.15, -0.1) is 0 Å². The summed E-state index contributed by atoms with van der Waals surface area (Å²) in [5, 5.41) is 17.7. The Hall–Kier alpha value is -2.90. The zero-order valence-corrected chi connectivity index (χ0v) is 10.9. The van der Waals surface area contributed by atoms with Gasteiger partial charge in [0.05, 0.1) is 12.1 Å². The molecule has 0 saturated heterocycles. The Morgan fingerprint density at radius 3 is 2.81 bits per heavy atom. The molecule has 1 heterocycles. The van der Waals surface area contributed by atoms with E-state index < -0.39 is 23.4 Å². The van der Waals surface area contributed by atoms with Crippen LogP contribution in [0.3, 0.4) is 0 Å². The minimum Gasteiger partial charge on any atom is -0.478 e. The number of carbonyl (C=O) groups is 2. The van der Waals surface area contributed by atoms with Gasteiger partial charge >= 0.3 is 12.0 Å². The van der Waals surface area contributed by atoms with Gasteiger partial charge in [-0.1, -0.05) is 0 Å². The summed E-state index contributed by atoms with van der Waals surface area (Å²) in [5.74, 6) is -2.26. The number of aromatic carboxylic acids is 1. The van der Waals surface area contributed by atoms with E-state index in [2.05, 4.69) is 15.7 Å². The number of amides is 2. The molecule has 7 nitrogen and oxygen atoms in total. The number of urea groups is 1. The van der Waals surface area contributed by atoms with Gasteiger partial charge in [-0.25, -0.2) is 14.0 Å². The molecule has 1 aromatic heterocycles. The number of carboxylic acid groups (broad SMARTS) is 1. The molecular weight excluding hydrogens is 279 g/mol. The lowest BCUT2D eigenvalue weighted by molar-refractivity contribution is 0.0692. The van der Waals surface area contributed by atoms with E-state index in [1.54, 1.807) is 23.1 Å². The predicted molar refractivity (Wildman–Crippen MR) is 72.6 cm³/mol. The Morgan fingerprint density at radius 2 is 2.19 bits per heavy atom. The van der Waals surface area contributed by atoms with Crippen molar-refractivity contribution in [2.45, 2.75) is 6.54 Å². The molecule has 110 valence electrons. The number of anilines is 1. The third-order valence-electron chi connectivity index (χ3n) is 2.64. The molecule has 3 N–H and O–H groups in total. The van der Waals surface area contributed by atoms with Crippen LogP contribution >= 0.6 is 0 Å². The number of carbonyl (C=O) groups excluding carboxylic acids is 1. The summed E-state index contributed by atoms with van der Waals surface area (Å²) in [7, 11) is 0. The largest absolute Gasteiger partial charge is 0.478 e. The molecule has 1 aromatic carbocycles. The molecule has 0 spiro atoms. The van der Waals surface area contributed by atoms with Crippen LogP contribution in [-0.4, -0.2) is 33.4 Å². The van der Waals surface area contributed by atoms with Gasteiger partial charge < -0.3 is 15.7 Å². The van der Waals surface area contributed by atoms with E-state index in [0.29, 0.717) is 13.1 Å². The Kier molecular flexibility index (Phi) is 4.50. The quantitative estimate of drug-likeness (QED) is 0.779. The number of benzene rings is 1. The first kappa shape index (κ1) is 14.5. The van der Waals surface area contributed by atoms with Crippen LogP contribution in [0.4, 0.5) is 14.9 Å².